The Hall–Kier alpha value is -4.26. The Morgan fingerprint density at radius 2 is 1.55 bits per heavy atom. The Bertz CT molecular complexity index is 1530. The van der Waals surface area contributed by atoms with E-state index in [1.807, 2.05) is 0 Å². The molecule has 2 heterocycles. The zero-order valence-corrected chi connectivity index (χ0v) is 20.6. The van der Waals surface area contributed by atoms with Gasteiger partial charge < -0.3 is 14.2 Å². The van der Waals surface area contributed by atoms with Crippen LogP contribution < -0.4 is 11.2 Å². The predicted molar refractivity (Wildman–Crippen MR) is 129 cm³/mol. The van der Waals surface area contributed by atoms with Crippen LogP contribution in [0.5, 0.6) is 0 Å². The maximum atomic E-state index is 13.8. The number of carbonyl (C=O) groups excluding carboxylic acids is 2. The number of nitrogens with zero attached hydrogens (tertiary/aromatic N) is 2. The molecule has 2 aromatic carbocycles. The number of esters is 2. The van der Waals surface area contributed by atoms with Crippen LogP contribution in [0.4, 0.5) is 17.6 Å². The summed E-state index contributed by atoms with van der Waals surface area (Å²) in [7, 11) is 0. The molecule has 4 atom stereocenters. The number of alkyl halides is 4. The number of ether oxygens (including phenoxy) is 3. The molecule has 2 fully saturated rings. The first-order valence-electron chi connectivity index (χ1n) is 12.2. The fourth-order valence-electron chi connectivity index (χ4n) is 4.52. The normalized spacial score (nSPS) is 23.1. The summed E-state index contributed by atoms with van der Waals surface area (Å²) in [6.45, 7) is -4.05. The summed E-state index contributed by atoms with van der Waals surface area (Å²) in [5.74, 6) is -6.40. The summed E-state index contributed by atoms with van der Waals surface area (Å²) in [6.07, 6.45) is -3.92. The molecule has 0 unspecified atom stereocenters. The highest BCUT2D eigenvalue weighted by atomic mass is 19.3. The zero-order chi connectivity index (χ0) is 28.6. The van der Waals surface area contributed by atoms with Gasteiger partial charge >= 0.3 is 24.2 Å². The van der Waals surface area contributed by atoms with Crippen molar-refractivity contribution in [2.24, 2.45) is 0 Å². The molecule has 0 radical (unpaired) electrons. The lowest BCUT2D eigenvalue weighted by Crippen LogP contribution is -2.43. The molecule has 0 amide bonds. The maximum absolute atomic E-state index is 13.8. The van der Waals surface area contributed by atoms with Gasteiger partial charge in [-0.05, 0) is 24.3 Å². The van der Waals surface area contributed by atoms with E-state index in [1.54, 1.807) is 36.4 Å². The van der Waals surface area contributed by atoms with Crippen molar-refractivity contribution >= 4 is 11.9 Å². The Balaban J connectivity index is 1.44. The molecule has 3 aromatic rings. The van der Waals surface area contributed by atoms with Gasteiger partial charge in [0.25, 0.3) is 11.5 Å². The molecule has 1 aromatic heterocycles. The average Bonchev–Trinajstić information content (AvgIpc) is 3.38. The van der Waals surface area contributed by atoms with Crippen LogP contribution in [-0.2, 0) is 14.2 Å². The molecule has 5 rings (SSSR count). The largest absolute Gasteiger partial charge is 0.459 e. The second kappa shape index (κ2) is 10.7. The molecular formula is C27H22F4N2O7. The van der Waals surface area contributed by atoms with Gasteiger partial charge in [-0.15, -0.1) is 0 Å². The predicted octanol–water partition coefficient (Wildman–Crippen LogP) is 3.90. The van der Waals surface area contributed by atoms with Crippen molar-refractivity contribution in [2.45, 2.75) is 49.7 Å². The van der Waals surface area contributed by atoms with Gasteiger partial charge in [-0.25, -0.2) is 27.7 Å². The van der Waals surface area contributed by atoms with Crippen LogP contribution in [0.2, 0.25) is 0 Å². The highest BCUT2D eigenvalue weighted by molar-refractivity contribution is 5.90. The number of hydrogen-bond acceptors (Lipinski definition) is 7. The van der Waals surface area contributed by atoms with Gasteiger partial charge in [0.15, 0.2) is 0 Å². The molecule has 1 saturated carbocycles. The Morgan fingerprint density at radius 3 is 2.10 bits per heavy atom. The SMILES string of the molecule is O=C(OC[C@H]1O[C@@H](n2cc([C@H]3CC3(F)F)c(=O)n(C(F)F)c2=O)C[C@@H]1OC(=O)c1ccccc1)c1ccccc1. The van der Waals surface area contributed by atoms with Crippen LogP contribution in [0.1, 0.15) is 57.8 Å². The fraction of sp³-hybridized carbons (Fsp3) is 0.333. The van der Waals surface area contributed by atoms with E-state index < -0.39 is 83.2 Å². The first-order chi connectivity index (χ1) is 19.1. The minimum Gasteiger partial charge on any atom is -0.459 e. The Kier molecular flexibility index (Phi) is 7.32. The van der Waals surface area contributed by atoms with Crippen molar-refractivity contribution in [1.29, 1.82) is 0 Å². The first-order valence-corrected chi connectivity index (χ1v) is 12.2. The van der Waals surface area contributed by atoms with E-state index in [0.717, 1.165) is 6.20 Å². The Labute approximate surface area is 223 Å². The van der Waals surface area contributed by atoms with Crippen molar-refractivity contribution < 1.29 is 41.4 Å². The van der Waals surface area contributed by atoms with Crippen molar-refractivity contribution in [3.05, 3.63) is 104 Å². The number of benzene rings is 2. The van der Waals surface area contributed by atoms with Crippen LogP contribution in [0.15, 0.2) is 76.4 Å². The highest BCUT2D eigenvalue weighted by Crippen LogP contribution is 2.54. The van der Waals surface area contributed by atoms with E-state index in [1.165, 1.54) is 24.3 Å². The molecule has 0 N–H and O–H groups in total. The van der Waals surface area contributed by atoms with Crippen molar-refractivity contribution in [3.63, 3.8) is 0 Å². The van der Waals surface area contributed by atoms with Gasteiger partial charge in [0, 0.05) is 24.6 Å². The summed E-state index contributed by atoms with van der Waals surface area (Å²) < 4.78 is 71.8. The molecule has 0 bridgehead atoms. The van der Waals surface area contributed by atoms with Crippen LogP contribution in [0.25, 0.3) is 0 Å². The molecule has 1 aliphatic carbocycles. The lowest BCUT2D eigenvalue weighted by atomic mass is 10.1. The number of halogens is 4. The second-order valence-electron chi connectivity index (χ2n) is 9.38. The third kappa shape index (κ3) is 5.41. The van der Waals surface area contributed by atoms with Gasteiger partial charge in [0.2, 0.25) is 0 Å². The second-order valence-corrected chi connectivity index (χ2v) is 9.38. The van der Waals surface area contributed by atoms with E-state index in [9.17, 15) is 36.7 Å². The number of aromatic nitrogens is 2. The van der Waals surface area contributed by atoms with Gasteiger partial charge in [0.05, 0.1) is 17.0 Å². The number of rotatable bonds is 8. The lowest BCUT2D eigenvalue weighted by Gasteiger charge is -2.19. The smallest absolute Gasteiger partial charge is 0.338 e. The van der Waals surface area contributed by atoms with Crippen molar-refractivity contribution in [3.8, 4) is 0 Å². The van der Waals surface area contributed by atoms with E-state index in [-0.39, 0.29) is 17.5 Å². The minimum absolute atomic E-state index is 0.188. The quantitative estimate of drug-likeness (QED) is 0.303. The lowest BCUT2D eigenvalue weighted by molar-refractivity contribution is -0.0595. The molecule has 1 saturated heterocycles. The molecule has 1 aliphatic heterocycles. The summed E-state index contributed by atoms with van der Waals surface area (Å²) in [4.78, 5) is 50.6. The monoisotopic (exact) mass is 562 g/mol. The average molecular weight is 562 g/mol. The van der Waals surface area contributed by atoms with E-state index in [0.29, 0.717) is 4.57 Å². The van der Waals surface area contributed by atoms with Crippen LogP contribution >= 0.6 is 0 Å². The van der Waals surface area contributed by atoms with Crippen LogP contribution in [0.3, 0.4) is 0 Å². The summed E-state index contributed by atoms with van der Waals surface area (Å²) in [5, 5.41) is 0. The number of hydrogen-bond donors (Lipinski definition) is 0. The van der Waals surface area contributed by atoms with Gasteiger partial charge in [-0.3, -0.25) is 9.36 Å². The standard InChI is InChI=1S/C27H22F4N2O7/c28-25(29)33-22(34)17(18-12-27(18,30)31)13-32(26(33)37)21-11-19(40-24(36)16-9-5-2-6-10-16)20(39-21)14-38-23(35)15-7-3-1-4-8-15/h1-10,13,18-21,25H,11-12,14H2/t18-,19+,20-,21-/m1/s1. The number of carbonyl (C=O) groups is 2. The van der Waals surface area contributed by atoms with Gasteiger partial charge in [0.1, 0.15) is 25.0 Å². The maximum Gasteiger partial charge on any atom is 0.338 e. The van der Waals surface area contributed by atoms with Gasteiger partial charge in [-0.2, -0.15) is 8.78 Å². The zero-order valence-electron chi connectivity index (χ0n) is 20.6. The first kappa shape index (κ1) is 27.3. The Morgan fingerprint density at radius 1 is 0.975 bits per heavy atom. The van der Waals surface area contributed by atoms with E-state index in [4.69, 9.17) is 14.2 Å². The minimum atomic E-state index is -3.60. The van der Waals surface area contributed by atoms with E-state index in [2.05, 4.69) is 0 Å². The van der Waals surface area contributed by atoms with Crippen LogP contribution in [-0.4, -0.2) is 45.8 Å². The van der Waals surface area contributed by atoms with Crippen molar-refractivity contribution in [2.75, 3.05) is 6.61 Å². The third-order valence-electron chi connectivity index (χ3n) is 6.71. The third-order valence-corrected chi connectivity index (χ3v) is 6.71. The molecule has 210 valence electrons. The molecular weight excluding hydrogens is 540 g/mol. The van der Waals surface area contributed by atoms with Gasteiger partial charge in [-0.1, -0.05) is 36.4 Å². The summed E-state index contributed by atoms with van der Waals surface area (Å²) >= 11 is 0. The molecule has 13 heteroatoms. The topological polar surface area (TPSA) is 106 Å². The van der Waals surface area contributed by atoms with Crippen LogP contribution in [0, 0.1) is 0 Å². The summed E-state index contributed by atoms with van der Waals surface area (Å²) in [6, 6.07) is 15.8. The highest BCUT2D eigenvalue weighted by Gasteiger charge is 2.59. The molecule has 9 nitrogen and oxygen atoms in total. The molecule has 0 spiro atoms. The fourth-order valence-corrected chi connectivity index (χ4v) is 4.52. The van der Waals surface area contributed by atoms with Crippen molar-refractivity contribution in [1.82, 2.24) is 9.13 Å². The van der Waals surface area contributed by atoms with E-state index >= 15 is 0 Å². The summed E-state index contributed by atoms with van der Waals surface area (Å²) in [5.41, 5.74) is -3.26. The molecule has 40 heavy (non-hydrogen) atoms. The molecule has 2 aliphatic rings.